The zero-order valence-electron chi connectivity index (χ0n) is 7.24. The van der Waals surface area contributed by atoms with Crippen molar-refractivity contribution in [3.05, 3.63) is 0 Å². The molecule has 0 aliphatic carbocycles. The van der Waals surface area contributed by atoms with Gasteiger partial charge in [0.15, 0.2) is 0 Å². The molecule has 0 bridgehead atoms. The lowest BCUT2D eigenvalue weighted by Crippen LogP contribution is -2.22. The van der Waals surface area contributed by atoms with Crippen molar-refractivity contribution in [3.63, 3.8) is 0 Å². The summed E-state index contributed by atoms with van der Waals surface area (Å²) in [6, 6.07) is 0. The predicted octanol–water partition coefficient (Wildman–Crippen LogP) is 1.97. The fourth-order valence-corrected chi connectivity index (χ4v) is 0.243. The van der Waals surface area contributed by atoms with Crippen molar-refractivity contribution in [2.45, 2.75) is 12.6 Å². The molecule has 0 fully saturated rings. The Morgan fingerprint density at radius 2 is 1.86 bits per heavy atom. The summed E-state index contributed by atoms with van der Waals surface area (Å²) in [6.45, 7) is 0.268. The first-order chi connectivity index (χ1) is 6.40. The van der Waals surface area contributed by atoms with E-state index in [-0.39, 0.29) is 6.67 Å². The molecule has 0 saturated heterocycles. The molecule has 0 amide bonds. The fraction of sp³-hybridized carbons (Fsp3) is 0.833. The maximum Gasteiger partial charge on any atom is 0.494 e. The molecule has 0 aromatic carbocycles. The minimum absolute atomic E-state index is 0.270. The first kappa shape index (κ1) is 15.5. The summed E-state index contributed by atoms with van der Waals surface area (Å²) >= 11 is 0. The lowest BCUT2D eigenvalue weighted by Gasteiger charge is -1.95. The molecule has 0 aliphatic rings. The lowest BCUT2D eigenvalue weighted by molar-refractivity contribution is -0.234. The number of hydrogen-bond donors (Lipinski definition) is 0. The Labute approximate surface area is 76.7 Å². The standard InChI is InChI=1S/C4H9FO.C2F4O2/c1-6-4-2-3-5;3-2(4,5)1(7)8-6/h2-4H2,1H3;. The first-order valence-electron chi connectivity index (χ1n) is 3.34. The van der Waals surface area contributed by atoms with E-state index >= 15 is 0 Å². The van der Waals surface area contributed by atoms with Crippen molar-refractivity contribution in [2.24, 2.45) is 0 Å². The van der Waals surface area contributed by atoms with Gasteiger partial charge in [0.2, 0.25) is 0 Å². The van der Waals surface area contributed by atoms with E-state index in [0.717, 1.165) is 0 Å². The third-order valence-electron chi connectivity index (χ3n) is 0.784. The van der Waals surface area contributed by atoms with Crippen molar-refractivity contribution < 1.29 is 36.6 Å². The van der Waals surface area contributed by atoms with E-state index in [1.54, 1.807) is 7.11 Å². The molecule has 0 atom stereocenters. The monoisotopic (exact) mass is 224 g/mol. The third-order valence-corrected chi connectivity index (χ3v) is 0.784. The number of ether oxygens (including phenoxy) is 1. The lowest BCUT2D eigenvalue weighted by atomic mass is 10.5. The van der Waals surface area contributed by atoms with Crippen LogP contribution in [0.3, 0.4) is 0 Å². The van der Waals surface area contributed by atoms with E-state index in [0.29, 0.717) is 13.0 Å². The van der Waals surface area contributed by atoms with E-state index in [2.05, 4.69) is 4.74 Å². The molecule has 86 valence electrons. The zero-order valence-corrected chi connectivity index (χ0v) is 7.24. The van der Waals surface area contributed by atoms with Gasteiger partial charge in [-0.3, -0.25) is 4.39 Å². The minimum Gasteiger partial charge on any atom is -0.385 e. The smallest absolute Gasteiger partial charge is 0.385 e. The van der Waals surface area contributed by atoms with Crippen LogP contribution in [0.1, 0.15) is 6.42 Å². The minimum atomic E-state index is -5.23. The number of alkyl halides is 4. The topological polar surface area (TPSA) is 35.5 Å². The molecule has 0 unspecified atom stereocenters. The number of halogens is 5. The number of carbonyl (C=O) groups excluding carboxylic acids is 1. The quantitative estimate of drug-likeness (QED) is 0.543. The van der Waals surface area contributed by atoms with Gasteiger partial charge in [0.05, 0.1) is 6.67 Å². The van der Waals surface area contributed by atoms with E-state index in [9.17, 15) is 22.1 Å². The normalized spacial score (nSPS) is 10.1. The van der Waals surface area contributed by atoms with Crippen molar-refractivity contribution in [3.8, 4) is 0 Å². The fourth-order valence-electron chi connectivity index (χ4n) is 0.243. The molecule has 3 nitrogen and oxygen atoms in total. The highest BCUT2D eigenvalue weighted by molar-refractivity contribution is 5.74. The Kier molecular flexibility index (Phi) is 9.63. The zero-order chi connectivity index (χ0) is 11.6. The van der Waals surface area contributed by atoms with Crippen molar-refractivity contribution in [1.82, 2.24) is 0 Å². The van der Waals surface area contributed by atoms with Gasteiger partial charge in [0.25, 0.3) is 0 Å². The highest BCUT2D eigenvalue weighted by Crippen LogP contribution is 2.15. The highest BCUT2D eigenvalue weighted by atomic mass is 19.4. The Hall–Kier alpha value is -0.920. The number of hydrogen-bond acceptors (Lipinski definition) is 3. The van der Waals surface area contributed by atoms with Crippen LogP contribution in [0.5, 0.6) is 0 Å². The summed E-state index contributed by atoms with van der Waals surface area (Å²) in [4.78, 5) is 11.0. The summed E-state index contributed by atoms with van der Waals surface area (Å²) < 4.78 is 58.2. The van der Waals surface area contributed by atoms with Gasteiger partial charge in [0.1, 0.15) is 0 Å². The molecule has 0 spiro atoms. The van der Waals surface area contributed by atoms with Crippen LogP contribution >= 0.6 is 0 Å². The largest absolute Gasteiger partial charge is 0.494 e. The molecule has 0 aromatic heterocycles. The van der Waals surface area contributed by atoms with E-state index in [4.69, 9.17) is 4.79 Å². The Bertz CT molecular complexity index is 143. The van der Waals surface area contributed by atoms with Gasteiger partial charge in [-0.2, -0.15) is 13.2 Å². The third kappa shape index (κ3) is 11.1. The molecule has 0 aromatic rings. The van der Waals surface area contributed by atoms with Crippen LogP contribution in [-0.2, 0) is 14.5 Å². The van der Waals surface area contributed by atoms with Gasteiger partial charge < -0.3 is 4.74 Å². The molecule has 0 rings (SSSR count). The second-order valence-electron chi connectivity index (χ2n) is 1.90. The van der Waals surface area contributed by atoms with Crippen LogP contribution in [0.4, 0.5) is 22.1 Å². The second-order valence-corrected chi connectivity index (χ2v) is 1.90. The number of rotatable bonds is 3. The van der Waals surface area contributed by atoms with E-state index < -0.39 is 12.1 Å². The molecule has 14 heavy (non-hydrogen) atoms. The second kappa shape index (κ2) is 8.67. The van der Waals surface area contributed by atoms with Crippen LogP contribution in [-0.4, -0.2) is 32.5 Å². The van der Waals surface area contributed by atoms with Gasteiger partial charge in [-0.1, -0.05) is 0 Å². The van der Waals surface area contributed by atoms with Gasteiger partial charge >= 0.3 is 12.1 Å². The van der Waals surface area contributed by atoms with E-state index in [1.807, 2.05) is 4.94 Å². The van der Waals surface area contributed by atoms with Crippen LogP contribution in [0.2, 0.25) is 0 Å². The maximum absolute atomic E-state index is 11.1. The molecular formula is C6H9F5O3. The molecule has 0 N–H and O–H groups in total. The number of methoxy groups -OCH3 is 1. The Morgan fingerprint density at radius 3 is 1.93 bits per heavy atom. The molecule has 0 saturated carbocycles. The average Bonchev–Trinajstić information content (AvgIpc) is 2.12. The van der Waals surface area contributed by atoms with Gasteiger partial charge in [-0.25, -0.2) is 9.74 Å². The SMILES string of the molecule is COCCCF.O=C(OF)C(F)(F)F. The molecular weight excluding hydrogens is 215 g/mol. The summed E-state index contributed by atoms with van der Waals surface area (Å²) in [5.41, 5.74) is 0. The summed E-state index contributed by atoms with van der Waals surface area (Å²) in [7, 11) is 1.57. The molecule has 8 heteroatoms. The van der Waals surface area contributed by atoms with Crippen molar-refractivity contribution >= 4 is 5.97 Å². The highest BCUT2D eigenvalue weighted by Gasteiger charge is 2.42. The van der Waals surface area contributed by atoms with E-state index in [1.165, 1.54) is 0 Å². The number of carbonyl (C=O) groups is 1. The van der Waals surface area contributed by atoms with Crippen LogP contribution in [0.15, 0.2) is 0 Å². The summed E-state index contributed by atoms with van der Waals surface area (Å²) in [5.74, 6) is -2.84. The summed E-state index contributed by atoms with van der Waals surface area (Å²) in [6.07, 6.45) is -4.70. The Balaban J connectivity index is 0. The summed E-state index contributed by atoms with van der Waals surface area (Å²) in [5, 5.41) is 0. The van der Waals surface area contributed by atoms with Crippen LogP contribution < -0.4 is 0 Å². The first-order valence-corrected chi connectivity index (χ1v) is 3.34. The van der Waals surface area contributed by atoms with Gasteiger partial charge in [0, 0.05) is 18.2 Å². The molecule has 0 heterocycles. The van der Waals surface area contributed by atoms with Gasteiger partial charge in [-0.05, 0) is 6.42 Å². The average molecular weight is 224 g/mol. The van der Waals surface area contributed by atoms with Crippen LogP contribution in [0.25, 0.3) is 0 Å². The molecule has 0 aliphatic heterocycles. The van der Waals surface area contributed by atoms with Crippen LogP contribution in [0, 0.1) is 0 Å². The van der Waals surface area contributed by atoms with Crippen molar-refractivity contribution in [2.75, 3.05) is 20.4 Å². The molecule has 0 radical (unpaired) electrons. The maximum atomic E-state index is 11.1. The van der Waals surface area contributed by atoms with Crippen molar-refractivity contribution in [1.29, 1.82) is 0 Å². The Morgan fingerprint density at radius 1 is 1.36 bits per heavy atom. The predicted molar refractivity (Wildman–Crippen MR) is 35.7 cm³/mol. The van der Waals surface area contributed by atoms with Gasteiger partial charge in [-0.15, -0.1) is 0 Å².